The molecule has 6 aromatic carbocycles. The van der Waals surface area contributed by atoms with E-state index < -0.39 is 0 Å². The van der Waals surface area contributed by atoms with Gasteiger partial charge in [-0.15, -0.1) is 0 Å². The van der Waals surface area contributed by atoms with Crippen molar-refractivity contribution in [2.75, 3.05) is 0 Å². The second kappa shape index (κ2) is 7.15. The van der Waals surface area contributed by atoms with Gasteiger partial charge in [-0.2, -0.15) is 0 Å². The van der Waals surface area contributed by atoms with Crippen LogP contribution in [0, 0.1) is 0 Å². The van der Waals surface area contributed by atoms with Crippen LogP contribution in [-0.2, 0) is 0 Å². The van der Waals surface area contributed by atoms with Crippen LogP contribution in [-0.4, -0.2) is 12.7 Å². The van der Waals surface area contributed by atoms with Crippen molar-refractivity contribution < 1.29 is 9.68 Å². The van der Waals surface area contributed by atoms with Gasteiger partial charge in [0.25, 0.3) is 0 Å². The van der Waals surface area contributed by atoms with Crippen molar-refractivity contribution in [1.29, 1.82) is 0 Å². The second-order valence-electron chi connectivity index (χ2n) is 7.85. The molecule has 0 heterocycles. The lowest BCUT2D eigenvalue weighted by molar-refractivity contribution is 0.454. The Balaban J connectivity index is 1.66. The van der Waals surface area contributed by atoms with Crippen LogP contribution >= 0.6 is 0 Å². The lowest BCUT2D eigenvalue weighted by Gasteiger charge is -2.14. The molecule has 3 heteroatoms. The molecule has 0 unspecified atom stereocenters. The Morgan fingerprint density at radius 1 is 0.548 bits per heavy atom. The van der Waals surface area contributed by atoms with Gasteiger partial charge in [0.15, 0.2) is 0 Å². The summed E-state index contributed by atoms with van der Waals surface area (Å²) in [4.78, 5) is 0. The Morgan fingerprint density at radius 3 is 2.13 bits per heavy atom. The van der Waals surface area contributed by atoms with E-state index in [0.717, 1.165) is 10.8 Å². The van der Waals surface area contributed by atoms with Gasteiger partial charge in [0, 0.05) is 0 Å². The van der Waals surface area contributed by atoms with Crippen molar-refractivity contribution in [1.82, 2.24) is 0 Å². The molecule has 0 saturated heterocycles. The van der Waals surface area contributed by atoms with Gasteiger partial charge in [-0.1, -0.05) is 78.9 Å². The van der Waals surface area contributed by atoms with Gasteiger partial charge in [-0.25, -0.2) is 0 Å². The Kier molecular flexibility index (Phi) is 4.15. The summed E-state index contributed by atoms with van der Waals surface area (Å²) in [6, 6.07) is 36.4. The minimum atomic E-state index is -0.325. The fourth-order valence-electron chi connectivity index (χ4n) is 4.67. The summed E-state index contributed by atoms with van der Waals surface area (Å²) in [7, 11) is -0.325. The average Bonchev–Trinajstić information content (AvgIpc) is 2.83. The van der Waals surface area contributed by atoms with Gasteiger partial charge in [-0.05, 0) is 78.5 Å². The first-order chi connectivity index (χ1) is 15.3. The molecule has 0 saturated carbocycles. The average molecular weight is 398 g/mol. The molecule has 0 radical (unpaired) electrons. The molecule has 2 nitrogen and oxygen atoms in total. The summed E-state index contributed by atoms with van der Waals surface area (Å²) in [6.07, 6.45) is 0. The molecule has 1 N–H and O–H groups in total. The topological polar surface area (TPSA) is 29.5 Å². The maximum Gasteiger partial charge on any atom is 0.504 e. The quantitative estimate of drug-likeness (QED) is 0.269. The highest BCUT2D eigenvalue weighted by Gasteiger charge is 2.11. The van der Waals surface area contributed by atoms with Gasteiger partial charge in [-0.3, -0.25) is 0 Å². The predicted molar refractivity (Wildman–Crippen MR) is 132 cm³/mol. The molecule has 0 bridgehead atoms. The molecule has 0 spiro atoms. The highest BCUT2D eigenvalue weighted by molar-refractivity contribution is 6.23. The fraction of sp³-hybridized carbons (Fsp3) is 0. The van der Waals surface area contributed by atoms with E-state index in [2.05, 4.69) is 84.9 Å². The van der Waals surface area contributed by atoms with Gasteiger partial charge in [0.2, 0.25) is 0 Å². The van der Waals surface area contributed by atoms with Crippen molar-refractivity contribution in [2.24, 2.45) is 0 Å². The zero-order valence-corrected chi connectivity index (χ0v) is 16.9. The summed E-state index contributed by atoms with van der Waals surface area (Å²) in [6.45, 7) is 0. The van der Waals surface area contributed by atoms with Gasteiger partial charge in [0.05, 0.1) is 0 Å². The molecular weight excluding hydrogens is 379 g/mol. The van der Waals surface area contributed by atoms with Crippen LogP contribution in [0.5, 0.6) is 5.75 Å². The number of hydrogen-bond acceptors (Lipinski definition) is 2. The van der Waals surface area contributed by atoms with Crippen molar-refractivity contribution in [3.8, 4) is 16.9 Å². The highest BCUT2D eigenvalue weighted by Crippen LogP contribution is 2.39. The SMILES string of the molecule is OBOc1ccc2ccc(-c3cc4ccc5ccccc5c4c4ccccc34)cc2c1. The Morgan fingerprint density at radius 2 is 1.26 bits per heavy atom. The monoisotopic (exact) mass is 398 g/mol. The largest absolute Gasteiger partial charge is 0.539 e. The summed E-state index contributed by atoms with van der Waals surface area (Å²) in [5.41, 5.74) is 2.38. The number of benzene rings is 6. The van der Waals surface area contributed by atoms with Crippen LogP contribution in [0.1, 0.15) is 0 Å². The molecule has 6 aromatic rings. The molecule has 0 aliphatic rings. The third kappa shape index (κ3) is 2.94. The maximum absolute atomic E-state index is 9.10. The molecule has 6 rings (SSSR count). The first-order valence-electron chi connectivity index (χ1n) is 10.4. The summed E-state index contributed by atoms with van der Waals surface area (Å²) < 4.78 is 5.28. The minimum absolute atomic E-state index is 0.325. The smallest absolute Gasteiger partial charge is 0.504 e. The summed E-state index contributed by atoms with van der Waals surface area (Å²) >= 11 is 0. The maximum atomic E-state index is 9.10. The molecule has 0 amide bonds. The summed E-state index contributed by atoms with van der Waals surface area (Å²) in [5.74, 6) is 0.669. The third-order valence-electron chi connectivity index (χ3n) is 6.10. The van der Waals surface area contributed by atoms with Crippen molar-refractivity contribution in [2.45, 2.75) is 0 Å². The van der Waals surface area contributed by atoms with E-state index in [9.17, 15) is 0 Å². The zero-order valence-electron chi connectivity index (χ0n) is 16.9. The van der Waals surface area contributed by atoms with Crippen molar-refractivity contribution in [3.63, 3.8) is 0 Å². The Labute approximate surface area is 180 Å². The van der Waals surface area contributed by atoms with E-state index in [4.69, 9.17) is 9.68 Å². The van der Waals surface area contributed by atoms with Crippen LogP contribution in [0.25, 0.3) is 54.2 Å². The lowest BCUT2D eigenvalue weighted by atomic mass is 9.90. The third-order valence-corrected chi connectivity index (χ3v) is 6.10. The molecule has 0 atom stereocenters. The molecule has 146 valence electrons. The lowest BCUT2D eigenvalue weighted by Crippen LogP contribution is -1.99. The van der Waals surface area contributed by atoms with E-state index in [-0.39, 0.29) is 7.69 Å². The van der Waals surface area contributed by atoms with E-state index in [0.29, 0.717) is 5.75 Å². The van der Waals surface area contributed by atoms with Gasteiger partial charge < -0.3 is 9.68 Å². The molecule has 31 heavy (non-hydrogen) atoms. The van der Waals surface area contributed by atoms with E-state index >= 15 is 0 Å². The fourth-order valence-corrected chi connectivity index (χ4v) is 4.67. The standard InChI is InChI=1S/C28H19BO2/c30-29-31-23-14-13-18-9-11-20(15-22(18)16-23)27-17-21-12-10-19-5-1-2-6-24(19)28(21)26-8-4-3-7-25(26)27/h1-17,29-30H. The van der Waals surface area contributed by atoms with Crippen molar-refractivity contribution in [3.05, 3.63) is 103 Å². The predicted octanol–water partition coefficient (Wildman–Crippen LogP) is 6.60. The van der Waals surface area contributed by atoms with Crippen molar-refractivity contribution >= 4 is 50.8 Å². The molecule has 0 fully saturated rings. The Bertz CT molecular complexity index is 1600. The zero-order chi connectivity index (χ0) is 20.8. The molecule has 0 aliphatic carbocycles. The molecule has 0 aliphatic heterocycles. The van der Waals surface area contributed by atoms with Crippen LogP contribution in [0.3, 0.4) is 0 Å². The van der Waals surface area contributed by atoms with Gasteiger partial charge in [0.1, 0.15) is 5.75 Å². The summed E-state index contributed by atoms with van der Waals surface area (Å²) in [5, 5.41) is 18.9. The minimum Gasteiger partial charge on any atom is -0.539 e. The first kappa shape index (κ1) is 18.0. The second-order valence-corrected chi connectivity index (χ2v) is 7.85. The van der Waals surface area contributed by atoms with E-state index in [1.807, 2.05) is 18.2 Å². The number of hydrogen-bond donors (Lipinski definition) is 1. The van der Waals surface area contributed by atoms with Crippen LogP contribution in [0.2, 0.25) is 0 Å². The van der Waals surface area contributed by atoms with Gasteiger partial charge >= 0.3 is 7.69 Å². The normalized spacial score (nSPS) is 11.4. The van der Waals surface area contributed by atoms with Crippen LogP contribution < -0.4 is 4.65 Å². The highest BCUT2D eigenvalue weighted by atomic mass is 16.5. The number of rotatable bonds is 3. The first-order valence-corrected chi connectivity index (χ1v) is 10.4. The van der Waals surface area contributed by atoms with Crippen LogP contribution in [0.4, 0.5) is 0 Å². The van der Waals surface area contributed by atoms with Crippen LogP contribution in [0.15, 0.2) is 103 Å². The molecular formula is C28H19BO2. The molecule has 0 aromatic heterocycles. The van der Waals surface area contributed by atoms with E-state index in [1.165, 1.54) is 43.4 Å². The van der Waals surface area contributed by atoms with E-state index in [1.54, 1.807) is 0 Å². The Hall–Kier alpha value is -3.82. The number of fused-ring (bicyclic) bond motifs is 6.